The Morgan fingerprint density at radius 2 is 1.94 bits per heavy atom. The van der Waals surface area contributed by atoms with Gasteiger partial charge in [-0.3, -0.25) is 4.79 Å². The molecule has 10 nitrogen and oxygen atoms in total. The summed E-state index contributed by atoms with van der Waals surface area (Å²) < 4.78 is 11.7. The second kappa shape index (κ2) is 9.51. The monoisotopic (exact) mass is 472 g/mol. The maximum atomic E-state index is 13.2. The van der Waals surface area contributed by atoms with Gasteiger partial charge in [0.1, 0.15) is 16.9 Å². The minimum Gasteiger partial charge on any atom is -0.465 e. The Labute approximate surface area is 200 Å². The van der Waals surface area contributed by atoms with Gasteiger partial charge >= 0.3 is 5.97 Å². The number of methoxy groups -OCH3 is 1. The topological polar surface area (TPSA) is 134 Å². The van der Waals surface area contributed by atoms with Crippen LogP contribution in [0.5, 0.6) is 0 Å². The van der Waals surface area contributed by atoms with E-state index in [9.17, 15) is 9.59 Å². The summed E-state index contributed by atoms with van der Waals surface area (Å²) in [5.41, 5.74) is 9.82. The normalized spacial score (nSPS) is 15.7. The standard InChI is InChI=1S/C25H24N6O4/c1-34-25(33)16-10-8-15(9-11-16)13-28-31-22(26)20(24(32)27-14-17-5-4-12-35-17)21-23(31)30-19-7-3-2-6-18(19)29-21/h2-3,6-11,13,17H,4-5,12,14,26H2,1H3,(H,27,32)/b28-13-/t17-/m0/s1. The summed E-state index contributed by atoms with van der Waals surface area (Å²) in [5.74, 6) is -0.651. The maximum Gasteiger partial charge on any atom is 0.337 e. The highest BCUT2D eigenvalue weighted by Gasteiger charge is 2.25. The Bertz CT molecular complexity index is 1440. The van der Waals surface area contributed by atoms with E-state index < -0.39 is 5.97 Å². The molecule has 178 valence electrons. The van der Waals surface area contributed by atoms with Crippen LogP contribution in [-0.4, -0.2) is 59.1 Å². The molecule has 0 aliphatic carbocycles. The predicted octanol–water partition coefficient (Wildman–Crippen LogP) is 2.74. The van der Waals surface area contributed by atoms with E-state index in [2.05, 4.69) is 20.4 Å². The Morgan fingerprint density at radius 1 is 1.20 bits per heavy atom. The summed E-state index contributed by atoms with van der Waals surface area (Å²) >= 11 is 0. The van der Waals surface area contributed by atoms with Gasteiger partial charge in [-0.05, 0) is 42.7 Å². The molecule has 0 radical (unpaired) electrons. The molecule has 1 amide bonds. The first kappa shape index (κ1) is 22.5. The molecule has 10 heteroatoms. The lowest BCUT2D eigenvalue weighted by Crippen LogP contribution is -2.32. The Kier molecular flexibility index (Phi) is 6.11. The van der Waals surface area contributed by atoms with Crippen LogP contribution < -0.4 is 11.1 Å². The molecular weight excluding hydrogens is 448 g/mol. The van der Waals surface area contributed by atoms with Crippen LogP contribution in [0.1, 0.15) is 39.1 Å². The fraction of sp³-hybridized carbons (Fsp3) is 0.240. The molecule has 1 aliphatic heterocycles. The molecule has 0 bridgehead atoms. The van der Waals surface area contributed by atoms with Crippen molar-refractivity contribution in [2.45, 2.75) is 18.9 Å². The van der Waals surface area contributed by atoms with Crippen LogP contribution in [0.3, 0.4) is 0 Å². The number of anilines is 1. The van der Waals surface area contributed by atoms with Crippen LogP contribution in [-0.2, 0) is 9.47 Å². The van der Waals surface area contributed by atoms with Crippen LogP contribution in [0.4, 0.5) is 5.82 Å². The molecule has 4 aromatic rings. The van der Waals surface area contributed by atoms with Crippen molar-refractivity contribution in [3.05, 3.63) is 65.2 Å². The molecule has 1 fully saturated rings. The van der Waals surface area contributed by atoms with E-state index in [4.69, 9.17) is 15.2 Å². The fourth-order valence-electron chi connectivity index (χ4n) is 4.04. The van der Waals surface area contributed by atoms with E-state index in [1.807, 2.05) is 24.3 Å². The number of nitrogens with zero attached hydrogens (tertiary/aromatic N) is 4. The molecule has 3 heterocycles. The number of nitrogens with two attached hydrogens (primary N) is 1. The van der Waals surface area contributed by atoms with Gasteiger partial charge in [0.05, 0.1) is 36.0 Å². The van der Waals surface area contributed by atoms with Gasteiger partial charge in [-0.2, -0.15) is 9.78 Å². The van der Waals surface area contributed by atoms with Crippen molar-refractivity contribution in [2.75, 3.05) is 26.0 Å². The highest BCUT2D eigenvalue weighted by Crippen LogP contribution is 2.28. The summed E-state index contributed by atoms with van der Waals surface area (Å²) in [7, 11) is 1.33. The summed E-state index contributed by atoms with van der Waals surface area (Å²) in [5, 5.41) is 7.40. The molecule has 35 heavy (non-hydrogen) atoms. The average Bonchev–Trinajstić information content (AvgIpc) is 3.50. The number of aromatic nitrogens is 3. The number of nitrogen functional groups attached to an aromatic ring is 1. The largest absolute Gasteiger partial charge is 0.465 e. The van der Waals surface area contributed by atoms with Crippen molar-refractivity contribution >= 4 is 46.1 Å². The van der Waals surface area contributed by atoms with E-state index in [-0.39, 0.29) is 23.4 Å². The smallest absolute Gasteiger partial charge is 0.337 e. The van der Waals surface area contributed by atoms with Gasteiger partial charge in [0.2, 0.25) is 0 Å². The molecule has 2 aromatic carbocycles. The van der Waals surface area contributed by atoms with Crippen LogP contribution in [0.15, 0.2) is 53.6 Å². The van der Waals surface area contributed by atoms with Crippen LogP contribution in [0, 0.1) is 0 Å². The number of para-hydroxylation sites is 2. The molecular formula is C25H24N6O4. The van der Waals surface area contributed by atoms with Gasteiger partial charge in [-0.15, -0.1) is 0 Å². The summed E-state index contributed by atoms with van der Waals surface area (Å²) in [6, 6.07) is 14.1. The molecule has 3 N–H and O–H groups in total. The van der Waals surface area contributed by atoms with Gasteiger partial charge in [0.25, 0.3) is 5.91 Å². The van der Waals surface area contributed by atoms with Gasteiger partial charge in [0.15, 0.2) is 5.65 Å². The quantitative estimate of drug-likeness (QED) is 0.325. The number of nitrogens with one attached hydrogen (secondary N) is 1. The molecule has 1 saturated heterocycles. The van der Waals surface area contributed by atoms with Crippen LogP contribution in [0.2, 0.25) is 0 Å². The van der Waals surface area contributed by atoms with Gasteiger partial charge in [-0.25, -0.2) is 14.8 Å². The molecule has 0 saturated carbocycles. The maximum absolute atomic E-state index is 13.2. The minimum absolute atomic E-state index is 0.00794. The number of esters is 1. The first-order chi connectivity index (χ1) is 17.0. The second-order valence-electron chi connectivity index (χ2n) is 8.16. The number of carbonyl (C=O) groups is 2. The lowest BCUT2D eigenvalue weighted by molar-refractivity contribution is 0.0600. The van der Waals surface area contributed by atoms with Crippen molar-refractivity contribution in [3.8, 4) is 0 Å². The summed E-state index contributed by atoms with van der Waals surface area (Å²) in [6.45, 7) is 1.09. The first-order valence-corrected chi connectivity index (χ1v) is 11.2. The molecule has 1 aliphatic rings. The van der Waals surface area contributed by atoms with E-state index >= 15 is 0 Å². The number of benzene rings is 2. The highest BCUT2D eigenvalue weighted by molar-refractivity contribution is 6.10. The van der Waals surface area contributed by atoms with Gasteiger partial charge < -0.3 is 20.5 Å². The van der Waals surface area contributed by atoms with E-state index in [1.54, 1.807) is 30.5 Å². The molecule has 2 aromatic heterocycles. The Balaban J connectivity index is 1.53. The molecule has 5 rings (SSSR count). The summed E-state index contributed by atoms with van der Waals surface area (Å²) in [6.07, 6.45) is 3.45. The van der Waals surface area contributed by atoms with E-state index in [0.717, 1.165) is 18.4 Å². The third-order valence-electron chi connectivity index (χ3n) is 5.87. The predicted molar refractivity (Wildman–Crippen MR) is 132 cm³/mol. The zero-order valence-corrected chi connectivity index (χ0v) is 19.1. The average molecular weight is 473 g/mol. The second-order valence-corrected chi connectivity index (χ2v) is 8.16. The van der Waals surface area contributed by atoms with Gasteiger partial charge in [-0.1, -0.05) is 24.3 Å². The molecule has 0 spiro atoms. The fourth-order valence-corrected chi connectivity index (χ4v) is 4.04. The number of hydrogen-bond acceptors (Lipinski definition) is 8. The molecule has 0 unspecified atom stereocenters. The van der Waals surface area contributed by atoms with Crippen molar-refractivity contribution in [1.82, 2.24) is 20.0 Å². The number of rotatable bonds is 6. The minimum atomic E-state index is -0.421. The van der Waals surface area contributed by atoms with Crippen molar-refractivity contribution in [1.29, 1.82) is 0 Å². The third-order valence-corrected chi connectivity index (χ3v) is 5.87. The van der Waals surface area contributed by atoms with E-state index in [0.29, 0.717) is 40.9 Å². The first-order valence-electron chi connectivity index (χ1n) is 11.2. The SMILES string of the molecule is COC(=O)c1ccc(/C=N\n2c(N)c(C(=O)NC[C@@H]3CCCO3)c3nc4ccccc4nc32)cc1. The Hall–Kier alpha value is -4.31. The number of carbonyl (C=O) groups excluding carboxylic acids is 2. The lowest BCUT2D eigenvalue weighted by atomic mass is 10.1. The van der Waals surface area contributed by atoms with Crippen molar-refractivity contribution < 1.29 is 19.1 Å². The highest BCUT2D eigenvalue weighted by atomic mass is 16.5. The number of ether oxygens (including phenoxy) is 2. The Morgan fingerprint density at radius 3 is 2.63 bits per heavy atom. The van der Waals surface area contributed by atoms with Gasteiger partial charge in [0, 0.05) is 13.2 Å². The number of fused-ring (bicyclic) bond motifs is 2. The van der Waals surface area contributed by atoms with Crippen molar-refractivity contribution in [2.24, 2.45) is 5.10 Å². The third kappa shape index (κ3) is 4.43. The number of amides is 1. The zero-order valence-electron chi connectivity index (χ0n) is 19.1. The molecule has 1 atom stereocenters. The van der Waals surface area contributed by atoms with Crippen molar-refractivity contribution in [3.63, 3.8) is 0 Å². The lowest BCUT2D eigenvalue weighted by Gasteiger charge is -2.10. The van der Waals surface area contributed by atoms with E-state index in [1.165, 1.54) is 11.8 Å². The zero-order chi connectivity index (χ0) is 24.4. The summed E-state index contributed by atoms with van der Waals surface area (Å²) in [4.78, 5) is 34.2. The number of hydrogen-bond donors (Lipinski definition) is 2. The van der Waals surface area contributed by atoms with Crippen LogP contribution in [0.25, 0.3) is 22.2 Å². The van der Waals surface area contributed by atoms with Crippen LogP contribution >= 0.6 is 0 Å².